The number of carbonyl (C=O) groups excluding carboxylic acids is 2. The predicted molar refractivity (Wildman–Crippen MR) is 126 cm³/mol. The van der Waals surface area contributed by atoms with Crippen molar-refractivity contribution in [3.63, 3.8) is 0 Å². The van der Waals surface area contributed by atoms with Crippen molar-refractivity contribution in [1.82, 2.24) is 9.55 Å². The Morgan fingerprint density at radius 2 is 1.91 bits per heavy atom. The largest absolute Gasteiger partial charge is 0.481 e. The van der Waals surface area contributed by atoms with Crippen LogP contribution in [0.1, 0.15) is 21.5 Å². The molecule has 2 heterocycles. The molecule has 0 radical (unpaired) electrons. The van der Waals surface area contributed by atoms with E-state index in [1.54, 1.807) is 30.5 Å². The standard InChI is InChI=1S/C24H19Cl2N3O3/c1-14-3-6-21-18(9-14)19(13-29(21)12-15-4-5-16(25)10-20(15)26)23(30)24(31)28-17-7-8-27-22(11-17)32-2/h3-11,13H,12H2,1-2H3,(H,27,28,31). The second-order valence-electron chi connectivity index (χ2n) is 7.30. The molecule has 162 valence electrons. The van der Waals surface area contributed by atoms with Gasteiger partial charge < -0.3 is 14.6 Å². The number of rotatable bonds is 6. The Morgan fingerprint density at radius 1 is 1.09 bits per heavy atom. The highest BCUT2D eigenvalue weighted by atomic mass is 35.5. The van der Waals surface area contributed by atoms with Gasteiger partial charge in [-0.3, -0.25) is 9.59 Å². The number of ketones is 1. The average molecular weight is 468 g/mol. The van der Waals surface area contributed by atoms with E-state index in [4.69, 9.17) is 27.9 Å². The van der Waals surface area contributed by atoms with Gasteiger partial charge in [-0.15, -0.1) is 0 Å². The van der Waals surface area contributed by atoms with Crippen LogP contribution in [-0.4, -0.2) is 28.4 Å². The molecule has 4 rings (SSSR count). The number of benzene rings is 2. The molecule has 4 aromatic rings. The quantitative estimate of drug-likeness (QED) is 0.298. The maximum atomic E-state index is 13.1. The van der Waals surface area contributed by atoms with Crippen LogP contribution in [-0.2, 0) is 11.3 Å². The lowest BCUT2D eigenvalue weighted by Crippen LogP contribution is -2.22. The number of hydrogen-bond donors (Lipinski definition) is 1. The Bertz CT molecular complexity index is 1350. The van der Waals surface area contributed by atoms with E-state index < -0.39 is 11.7 Å². The van der Waals surface area contributed by atoms with Crippen LogP contribution in [0, 0.1) is 6.92 Å². The number of amides is 1. The summed E-state index contributed by atoms with van der Waals surface area (Å²) in [6.07, 6.45) is 3.17. The number of methoxy groups -OCH3 is 1. The number of halogens is 2. The number of nitrogens with zero attached hydrogens (tertiary/aromatic N) is 2. The smallest absolute Gasteiger partial charge is 0.296 e. The molecule has 6 nitrogen and oxygen atoms in total. The van der Waals surface area contributed by atoms with E-state index in [0.29, 0.717) is 39.1 Å². The van der Waals surface area contributed by atoms with Crippen LogP contribution in [0.2, 0.25) is 10.0 Å². The molecule has 32 heavy (non-hydrogen) atoms. The Balaban J connectivity index is 1.69. The molecule has 0 saturated heterocycles. The van der Waals surface area contributed by atoms with Gasteiger partial charge in [-0.25, -0.2) is 4.98 Å². The topological polar surface area (TPSA) is 73.2 Å². The van der Waals surface area contributed by atoms with Crippen molar-refractivity contribution in [1.29, 1.82) is 0 Å². The summed E-state index contributed by atoms with van der Waals surface area (Å²) in [6, 6.07) is 14.2. The van der Waals surface area contributed by atoms with Crippen molar-refractivity contribution in [2.45, 2.75) is 13.5 Å². The molecule has 0 saturated carbocycles. The van der Waals surface area contributed by atoms with Gasteiger partial charge in [-0.2, -0.15) is 0 Å². The zero-order valence-corrected chi connectivity index (χ0v) is 18.9. The van der Waals surface area contributed by atoms with Crippen molar-refractivity contribution < 1.29 is 14.3 Å². The van der Waals surface area contributed by atoms with E-state index in [0.717, 1.165) is 16.6 Å². The fourth-order valence-corrected chi connectivity index (χ4v) is 3.93. The van der Waals surface area contributed by atoms with E-state index in [9.17, 15) is 9.59 Å². The maximum Gasteiger partial charge on any atom is 0.296 e. The molecule has 1 N–H and O–H groups in total. The SMILES string of the molecule is COc1cc(NC(=O)C(=O)c2cn(Cc3ccc(Cl)cc3Cl)c3ccc(C)cc23)ccn1. The number of aromatic nitrogens is 2. The number of aryl methyl sites for hydroxylation is 1. The van der Waals surface area contributed by atoms with Crippen molar-refractivity contribution in [2.75, 3.05) is 12.4 Å². The first-order valence-electron chi connectivity index (χ1n) is 9.75. The minimum atomic E-state index is -0.747. The van der Waals surface area contributed by atoms with Crippen LogP contribution in [0.5, 0.6) is 5.88 Å². The molecule has 0 aliphatic heterocycles. The number of nitrogens with one attached hydrogen (secondary N) is 1. The van der Waals surface area contributed by atoms with Crippen molar-refractivity contribution in [3.8, 4) is 5.88 Å². The third kappa shape index (κ3) is 4.47. The Labute approximate surface area is 194 Å². The lowest BCUT2D eigenvalue weighted by Gasteiger charge is -2.08. The van der Waals surface area contributed by atoms with Gasteiger partial charge in [0.05, 0.1) is 12.7 Å². The third-order valence-electron chi connectivity index (χ3n) is 5.05. The second kappa shape index (κ2) is 9.02. The zero-order chi connectivity index (χ0) is 22.8. The minimum absolute atomic E-state index is 0.312. The van der Waals surface area contributed by atoms with E-state index in [-0.39, 0.29) is 0 Å². The molecule has 2 aromatic carbocycles. The van der Waals surface area contributed by atoms with Gasteiger partial charge in [0.1, 0.15) is 0 Å². The monoisotopic (exact) mass is 467 g/mol. The van der Waals surface area contributed by atoms with Gasteiger partial charge in [-0.1, -0.05) is 40.9 Å². The molecule has 8 heteroatoms. The highest BCUT2D eigenvalue weighted by molar-refractivity contribution is 6.48. The molecule has 0 atom stereocenters. The Morgan fingerprint density at radius 3 is 2.66 bits per heavy atom. The average Bonchev–Trinajstić information content (AvgIpc) is 3.12. The summed E-state index contributed by atoms with van der Waals surface area (Å²) in [5.74, 6) is -1.05. The maximum absolute atomic E-state index is 13.1. The molecule has 0 aliphatic carbocycles. The predicted octanol–water partition coefficient (Wildman–Crippen LogP) is 5.53. The number of fused-ring (bicyclic) bond motifs is 1. The van der Waals surface area contributed by atoms with Crippen LogP contribution >= 0.6 is 23.2 Å². The van der Waals surface area contributed by atoms with Gasteiger partial charge >= 0.3 is 0 Å². The molecule has 0 bridgehead atoms. The van der Waals surface area contributed by atoms with Crippen molar-refractivity contribution in [3.05, 3.63) is 87.7 Å². The fraction of sp³-hybridized carbons (Fsp3) is 0.125. The first-order valence-corrected chi connectivity index (χ1v) is 10.5. The summed E-state index contributed by atoms with van der Waals surface area (Å²) in [5.41, 5.74) is 3.38. The van der Waals surface area contributed by atoms with Crippen LogP contribution < -0.4 is 10.1 Å². The first-order chi connectivity index (χ1) is 15.4. The van der Waals surface area contributed by atoms with Gasteiger partial charge in [0.25, 0.3) is 11.7 Å². The van der Waals surface area contributed by atoms with E-state index in [2.05, 4.69) is 10.3 Å². The lowest BCUT2D eigenvalue weighted by molar-refractivity contribution is -0.112. The molecule has 1 amide bonds. The van der Waals surface area contributed by atoms with Gasteiger partial charge in [0.15, 0.2) is 0 Å². The number of pyridine rings is 1. The molecule has 2 aromatic heterocycles. The number of ether oxygens (including phenoxy) is 1. The minimum Gasteiger partial charge on any atom is -0.481 e. The van der Waals surface area contributed by atoms with Gasteiger partial charge in [-0.05, 0) is 42.8 Å². The first kappa shape index (κ1) is 21.9. The molecular formula is C24H19Cl2N3O3. The number of hydrogen-bond acceptors (Lipinski definition) is 4. The summed E-state index contributed by atoms with van der Waals surface area (Å²) in [5, 5.41) is 4.39. The van der Waals surface area contributed by atoms with Gasteiger partial charge in [0.2, 0.25) is 5.88 Å². The molecule has 0 aliphatic rings. The number of carbonyl (C=O) groups is 2. The van der Waals surface area contributed by atoms with Crippen LogP contribution in [0.4, 0.5) is 5.69 Å². The third-order valence-corrected chi connectivity index (χ3v) is 5.63. The van der Waals surface area contributed by atoms with E-state index in [1.165, 1.54) is 13.3 Å². The highest BCUT2D eigenvalue weighted by Crippen LogP contribution is 2.27. The van der Waals surface area contributed by atoms with Crippen LogP contribution in [0.25, 0.3) is 10.9 Å². The summed E-state index contributed by atoms with van der Waals surface area (Å²) < 4.78 is 6.96. The molecular weight excluding hydrogens is 449 g/mol. The van der Waals surface area contributed by atoms with Gasteiger partial charge in [0, 0.05) is 51.6 Å². The number of Topliss-reactive ketones (excluding diaryl/α,β-unsaturated/α-hetero) is 1. The molecule has 0 unspecified atom stereocenters. The van der Waals surface area contributed by atoms with Crippen molar-refractivity contribution in [2.24, 2.45) is 0 Å². The summed E-state index contributed by atoms with van der Waals surface area (Å²) in [4.78, 5) is 29.8. The highest BCUT2D eigenvalue weighted by Gasteiger charge is 2.22. The normalized spacial score (nSPS) is 10.9. The fourth-order valence-electron chi connectivity index (χ4n) is 3.47. The Kier molecular flexibility index (Phi) is 6.17. The lowest BCUT2D eigenvalue weighted by atomic mass is 10.1. The molecule has 0 fully saturated rings. The van der Waals surface area contributed by atoms with Crippen molar-refractivity contribution >= 4 is 51.5 Å². The summed E-state index contributed by atoms with van der Waals surface area (Å²) >= 11 is 12.4. The summed E-state index contributed by atoms with van der Waals surface area (Å²) in [7, 11) is 1.48. The second-order valence-corrected chi connectivity index (χ2v) is 8.14. The van der Waals surface area contributed by atoms with E-state index in [1.807, 2.05) is 35.8 Å². The Hall–Kier alpha value is -3.35. The summed E-state index contributed by atoms with van der Waals surface area (Å²) in [6.45, 7) is 2.36. The number of anilines is 1. The van der Waals surface area contributed by atoms with Crippen LogP contribution in [0.15, 0.2) is 60.9 Å². The van der Waals surface area contributed by atoms with Crippen LogP contribution in [0.3, 0.4) is 0 Å². The molecule has 0 spiro atoms. The zero-order valence-electron chi connectivity index (χ0n) is 17.4. The van der Waals surface area contributed by atoms with E-state index >= 15 is 0 Å².